The van der Waals surface area contributed by atoms with Crippen LogP contribution in [0.2, 0.25) is 0 Å². The number of methoxy groups -OCH3 is 1. The van der Waals surface area contributed by atoms with Crippen molar-refractivity contribution in [2.45, 2.75) is 32.9 Å². The van der Waals surface area contributed by atoms with Crippen molar-refractivity contribution in [3.05, 3.63) is 58.7 Å². The molecular formula is C17H21FN2O2. The van der Waals surface area contributed by atoms with E-state index < -0.39 is 12.0 Å². The van der Waals surface area contributed by atoms with Crippen LogP contribution in [0.1, 0.15) is 22.5 Å². The summed E-state index contributed by atoms with van der Waals surface area (Å²) < 4.78 is 20.5. The third-order valence-corrected chi connectivity index (χ3v) is 3.91. The summed E-state index contributed by atoms with van der Waals surface area (Å²) >= 11 is 0. The van der Waals surface area contributed by atoms with Gasteiger partial charge in [-0.3, -0.25) is 4.79 Å². The first kappa shape index (κ1) is 16.2. The number of rotatable bonds is 5. The minimum atomic E-state index is -0.688. The summed E-state index contributed by atoms with van der Waals surface area (Å²) in [6.07, 6.45) is 0.406. The summed E-state index contributed by atoms with van der Waals surface area (Å²) in [6.45, 7) is 4.37. The summed E-state index contributed by atoms with van der Waals surface area (Å²) in [7, 11) is 1.32. The van der Waals surface area contributed by atoms with Crippen LogP contribution in [0, 0.1) is 19.7 Å². The number of carbonyl (C=O) groups is 1. The lowest BCUT2D eigenvalue weighted by molar-refractivity contribution is -0.142. The van der Waals surface area contributed by atoms with Crippen molar-refractivity contribution in [2.24, 2.45) is 5.73 Å². The molecule has 0 spiro atoms. The van der Waals surface area contributed by atoms with Gasteiger partial charge in [-0.1, -0.05) is 18.2 Å². The topological polar surface area (TPSA) is 57.2 Å². The smallest absolute Gasteiger partial charge is 0.322 e. The SMILES string of the molecule is COC(=O)C(N)Cc1cc(C)n(Cc2ccccc2F)c1C. The van der Waals surface area contributed by atoms with E-state index in [1.165, 1.54) is 13.2 Å². The molecule has 0 amide bonds. The van der Waals surface area contributed by atoms with Crippen LogP contribution in [-0.4, -0.2) is 23.7 Å². The molecule has 0 fully saturated rings. The normalized spacial score (nSPS) is 12.2. The first-order chi connectivity index (χ1) is 10.4. The monoisotopic (exact) mass is 304 g/mol. The number of hydrogen-bond acceptors (Lipinski definition) is 3. The molecule has 1 atom stereocenters. The summed E-state index contributed by atoms with van der Waals surface area (Å²) in [5.41, 5.74) is 9.43. The summed E-state index contributed by atoms with van der Waals surface area (Å²) in [5, 5.41) is 0. The summed E-state index contributed by atoms with van der Waals surface area (Å²) in [6, 6.07) is 8.02. The van der Waals surface area contributed by atoms with Gasteiger partial charge in [-0.2, -0.15) is 0 Å². The Bertz CT molecular complexity index is 679. The maximum atomic E-state index is 13.8. The van der Waals surface area contributed by atoms with Gasteiger partial charge >= 0.3 is 5.97 Å². The number of carbonyl (C=O) groups excluding carboxylic acids is 1. The summed E-state index contributed by atoms with van der Waals surface area (Å²) in [5.74, 6) is -0.651. The molecule has 0 saturated carbocycles. The maximum absolute atomic E-state index is 13.8. The summed E-state index contributed by atoms with van der Waals surface area (Å²) in [4.78, 5) is 11.5. The lowest BCUT2D eigenvalue weighted by Gasteiger charge is -2.12. The highest BCUT2D eigenvalue weighted by Crippen LogP contribution is 2.19. The zero-order valence-corrected chi connectivity index (χ0v) is 13.1. The molecule has 1 unspecified atom stereocenters. The number of aryl methyl sites for hydroxylation is 1. The van der Waals surface area contributed by atoms with Crippen LogP contribution in [0.4, 0.5) is 4.39 Å². The van der Waals surface area contributed by atoms with Gasteiger partial charge in [0.25, 0.3) is 0 Å². The Labute approximate surface area is 129 Å². The van der Waals surface area contributed by atoms with Gasteiger partial charge in [0.05, 0.1) is 13.7 Å². The van der Waals surface area contributed by atoms with Crippen molar-refractivity contribution in [1.82, 2.24) is 4.57 Å². The molecule has 4 nitrogen and oxygen atoms in total. The number of halogens is 1. The second kappa shape index (κ2) is 6.75. The lowest BCUT2D eigenvalue weighted by atomic mass is 10.1. The molecule has 2 rings (SSSR count). The molecule has 1 aromatic carbocycles. The van der Waals surface area contributed by atoms with Crippen LogP contribution in [-0.2, 0) is 22.5 Å². The van der Waals surface area contributed by atoms with Crippen LogP contribution in [0.25, 0.3) is 0 Å². The van der Waals surface area contributed by atoms with Gasteiger partial charge in [0.1, 0.15) is 11.9 Å². The van der Waals surface area contributed by atoms with Gasteiger partial charge < -0.3 is 15.0 Å². The quantitative estimate of drug-likeness (QED) is 0.863. The Morgan fingerprint density at radius 3 is 2.64 bits per heavy atom. The van der Waals surface area contributed by atoms with Gasteiger partial charge in [0, 0.05) is 17.0 Å². The molecule has 22 heavy (non-hydrogen) atoms. The fraction of sp³-hybridized carbons (Fsp3) is 0.353. The molecule has 0 aliphatic rings. The lowest BCUT2D eigenvalue weighted by Crippen LogP contribution is -2.33. The van der Waals surface area contributed by atoms with E-state index in [1.54, 1.807) is 12.1 Å². The number of nitrogens with two attached hydrogens (primary N) is 1. The Kier molecular flexibility index (Phi) is 4.98. The van der Waals surface area contributed by atoms with Crippen molar-refractivity contribution in [3.63, 3.8) is 0 Å². The van der Waals surface area contributed by atoms with Crippen LogP contribution in [0.3, 0.4) is 0 Å². The molecule has 1 aromatic heterocycles. The molecule has 2 aromatic rings. The number of aromatic nitrogens is 1. The highest BCUT2D eigenvalue weighted by molar-refractivity contribution is 5.75. The zero-order chi connectivity index (χ0) is 16.3. The minimum Gasteiger partial charge on any atom is -0.468 e. The number of hydrogen-bond donors (Lipinski definition) is 1. The average molecular weight is 304 g/mol. The highest BCUT2D eigenvalue weighted by atomic mass is 19.1. The van der Waals surface area contributed by atoms with Crippen LogP contribution in [0.5, 0.6) is 0 Å². The molecule has 5 heteroatoms. The zero-order valence-electron chi connectivity index (χ0n) is 13.1. The third kappa shape index (κ3) is 3.36. The molecule has 0 saturated heterocycles. The van der Waals surface area contributed by atoms with E-state index in [-0.39, 0.29) is 5.82 Å². The van der Waals surface area contributed by atoms with E-state index in [9.17, 15) is 9.18 Å². The maximum Gasteiger partial charge on any atom is 0.322 e. The molecule has 0 aliphatic carbocycles. The van der Waals surface area contributed by atoms with Crippen molar-refractivity contribution >= 4 is 5.97 Å². The minimum absolute atomic E-state index is 0.220. The molecule has 2 N–H and O–H groups in total. The van der Waals surface area contributed by atoms with E-state index >= 15 is 0 Å². The van der Waals surface area contributed by atoms with Crippen molar-refractivity contribution in [1.29, 1.82) is 0 Å². The molecule has 0 aliphatic heterocycles. The van der Waals surface area contributed by atoms with Gasteiger partial charge in [-0.25, -0.2) is 4.39 Å². The Balaban J connectivity index is 2.24. The Hall–Kier alpha value is -2.14. The van der Waals surface area contributed by atoms with Crippen molar-refractivity contribution in [3.8, 4) is 0 Å². The van der Waals surface area contributed by atoms with E-state index in [4.69, 9.17) is 5.73 Å². The second-order valence-electron chi connectivity index (χ2n) is 5.41. The molecule has 1 heterocycles. The second-order valence-corrected chi connectivity index (χ2v) is 5.41. The first-order valence-corrected chi connectivity index (χ1v) is 7.16. The average Bonchev–Trinajstić information content (AvgIpc) is 2.76. The van der Waals surface area contributed by atoms with Gasteiger partial charge in [-0.05, 0) is 38.0 Å². The molecule has 0 bridgehead atoms. The van der Waals surface area contributed by atoms with Gasteiger partial charge in [0.2, 0.25) is 0 Å². The highest BCUT2D eigenvalue weighted by Gasteiger charge is 2.18. The standard InChI is InChI=1S/C17H21FN2O2/c1-11-8-14(9-16(19)17(21)22-3)12(2)20(11)10-13-6-4-5-7-15(13)18/h4-8,16H,9-10,19H2,1-3H3. The number of benzene rings is 1. The van der Waals surface area contributed by atoms with Crippen molar-refractivity contribution in [2.75, 3.05) is 7.11 Å². The van der Waals surface area contributed by atoms with Gasteiger partial charge in [0.15, 0.2) is 0 Å². The predicted octanol–water partition coefficient (Wildman–Crippen LogP) is 2.34. The molecule has 0 radical (unpaired) electrons. The van der Waals surface area contributed by atoms with E-state index in [0.717, 1.165) is 17.0 Å². The van der Waals surface area contributed by atoms with E-state index in [1.807, 2.05) is 30.5 Å². The van der Waals surface area contributed by atoms with Crippen LogP contribution in [0.15, 0.2) is 30.3 Å². The van der Waals surface area contributed by atoms with Gasteiger partial charge in [-0.15, -0.1) is 0 Å². The largest absolute Gasteiger partial charge is 0.468 e. The fourth-order valence-electron chi connectivity index (χ4n) is 2.59. The number of esters is 1. The Morgan fingerprint density at radius 2 is 2.00 bits per heavy atom. The van der Waals surface area contributed by atoms with Crippen LogP contribution >= 0.6 is 0 Å². The molecular weight excluding hydrogens is 283 g/mol. The third-order valence-electron chi connectivity index (χ3n) is 3.91. The predicted molar refractivity (Wildman–Crippen MR) is 83.1 cm³/mol. The number of nitrogens with zero attached hydrogens (tertiary/aromatic N) is 1. The number of ether oxygens (including phenoxy) is 1. The Morgan fingerprint density at radius 1 is 1.32 bits per heavy atom. The molecule has 118 valence electrons. The van der Waals surface area contributed by atoms with E-state index in [2.05, 4.69) is 4.74 Å². The fourth-order valence-corrected chi connectivity index (χ4v) is 2.59. The van der Waals surface area contributed by atoms with Crippen molar-refractivity contribution < 1.29 is 13.9 Å². The van der Waals surface area contributed by atoms with E-state index in [0.29, 0.717) is 18.5 Å². The first-order valence-electron chi connectivity index (χ1n) is 7.16. The van der Waals surface area contributed by atoms with Crippen LogP contribution < -0.4 is 5.73 Å².